The lowest BCUT2D eigenvalue weighted by atomic mass is 9.98. The van der Waals surface area contributed by atoms with Gasteiger partial charge in [0.1, 0.15) is 5.75 Å². The number of aromatic nitrogens is 3. The van der Waals surface area contributed by atoms with Crippen LogP contribution in [0.5, 0.6) is 5.75 Å². The first-order valence-electron chi connectivity index (χ1n) is 14.1. The molecule has 2 aromatic heterocycles. The average molecular weight is 552 g/mol. The van der Waals surface area contributed by atoms with Crippen molar-refractivity contribution in [1.29, 1.82) is 0 Å². The van der Waals surface area contributed by atoms with E-state index in [9.17, 15) is 9.59 Å². The number of hydrogen-bond donors (Lipinski definition) is 2. The zero-order valence-corrected chi connectivity index (χ0v) is 24.4. The van der Waals surface area contributed by atoms with E-state index in [2.05, 4.69) is 34.1 Å². The molecule has 1 aliphatic heterocycles. The molecule has 0 atom stereocenters. The fraction of sp³-hybridized carbons (Fsp3) is 0.303. The van der Waals surface area contributed by atoms with E-state index in [0.717, 1.165) is 82.4 Å². The van der Waals surface area contributed by atoms with Crippen LogP contribution in [0.4, 0.5) is 5.69 Å². The van der Waals surface area contributed by atoms with Gasteiger partial charge in [-0.3, -0.25) is 9.59 Å². The fourth-order valence-electron chi connectivity index (χ4n) is 5.49. The summed E-state index contributed by atoms with van der Waals surface area (Å²) in [5.74, 6) is 0.735. The maximum atomic E-state index is 13.1. The Bertz CT molecular complexity index is 1620. The van der Waals surface area contributed by atoms with Crippen molar-refractivity contribution in [1.82, 2.24) is 19.7 Å². The summed E-state index contributed by atoms with van der Waals surface area (Å²) in [5.41, 5.74) is 8.13. The Balaban J connectivity index is 1.41. The van der Waals surface area contributed by atoms with Crippen LogP contribution in [-0.2, 0) is 4.79 Å². The Morgan fingerprint density at radius 1 is 1.10 bits per heavy atom. The predicted octanol–water partition coefficient (Wildman–Crippen LogP) is 6.29. The quantitative estimate of drug-likeness (QED) is 0.169. The van der Waals surface area contributed by atoms with Gasteiger partial charge >= 0.3 is 0 Å². The smallest absolute Gasteiger partial charge is 0.256 e. The largest absolute Gasteiger partial charge is 0.497 e. The van der Waals surface area contributed by atoms with E-state index < -0.39 is 0 Å². The summed E-state index contributed by atoms with van der Waals surface area (Å²) in [6, 6.07) is 13.6. The van der Waals surface area contributed by atoms with Gasteiger partial charge in [0.2, 0.25) is 0 Å². The maximum absolute atomic E-state index is 13.1. The van der Waals surface area contributed by atoms with Crippen LogP contribution in [0.1, 0.15) is 59.6 Å². The van der Waals surface area contributed by atoms with Crippen molar-refractivity contribution in [2.45, 2.75) is 40.5 Å². The van der Waals surface area contributed by atoms with E-state index in [1.807, 2.05) is 74.8 Å². The highest BCUT2D eigenvalue weighted by molar-refractivity contribution is 6.35. The standard InChI is InChI=1S/C33H37N5O3/c1-6-37(7-2)15-9-12-31(39)32-21(3)30(35-22(32)4)18-28-27-16-23(13-14-29(27)36-33(28)40)24-19-34-38(20-24)25-10-8-11-26(17-25)41-5/h8,10-11,13-14,16-20,35H,6-7,9,12,15H2,1-5H3,(H,36,40)/b28-18-. The molecule has 2 N–H and O–H groups in total. The number of hydrogen-bond acceptors (Lipinski definition) is 5. The third-order valence-electron chi connectivity index (χ3n) is 7.85. The Hall–Kier alpha value is -4.43. The monoisotopic (exact) mass is 551 g/mol. The number of carbonyl (C=O) groups excluding carboxylic acids is 2. The molecular weight excluding hydrogens is 514 g/mol. The van der Waals surface area contributed by atoms with Crippen molar-refractivity contribution in [2.24, 2.45) is 0 Å². The third-order valence-corrected chi connectivity index (χ3v) is 7.85. The molecule has 2 aromatic carbocycles. The number of ether oxygens (including phenoxy) is 1. The number of methoxy groups -OCH3 is 1. The van der Waals surface area contributed by atoms with E-state index in [1.54, 1.807) is 11.8 Å². The van der Waals surface area contributed by atoms with Crippen LogP contribution in [0.25, 0.3) is 28.5 Å². The number of amides is 1. The predicted molar refractivity (Wildman–Crippen MR) is 164 cm³/mol. The summed E-state index contributed by atoms with van der Waals surface area (Å²) in [6.07, 6.45) is 6.96. The Morgan fingerprint density at radius 2 is 1.90 bits per heavy atom. The lowest BCUT2D eigenvalue weighted by molar-refractivity contribution is -0.110. The molecule has 0 saturated heterocycles. The second kappa shape index (κ2) is 12.0. The number of carbonyl (C=O) groups is 2. The van der Waals surface area contributed by atoms with Crippen molar-refractivity contribution in [3.8, 4) is 22.6 Å². The molecule has 8 heteroatoms. The molecule has 212 valence electrons. The van der Waals surface area contributed by atoms with Gasteiger partial charge in [-0.2, -0.15) is 5.10 Å². The molecule has 8 nitrogen and oxygen atoms in total. The Labute approximate surface area is 241 Å². The number of anilines is 1. The first-order valence-corrected chi connectivity index (χ1v) is 14.1. The molecule has 1 aliphatic rings. The number of fused-ring (bicyclic) bond motifs is 1. The number of nitrogens with zero attached hydrogens (tertiary/aromatic N) is 3. The maximum Gasteiger partial charge on any atom is 0.256 e. The molecular formula is C33H37N5O3. The number of rotatable bonds is 11. The van der Waals surface area contributed by atoms with E-state index in [1.165, 1.54) is 0 Å². The SMILES string of the molecule is CCN(CC)CCCC(=O)c1c(C)[nH]c(/C=C2\C(=O)Nc3ccc(-c4cnn(-c5cccc(OC)c5)c4)cc32)c1C. The number of H-pyrrole nitrogens is 1. The summed E-state index contributed by atoms with van der Waals surface area (Å²) >= 11 is 0. The minimum absolute atomic E-state index is 0.139. The lowest BCUT2D eigenvalue weighted by Crippen LogP contribution is -2.24. The molecule has 1 amide bonds. The lowest BCUT2D eigenvalue weighted by Gasteiger charge is -2.17. The molecule has 0 fully saturated rings. The van der Waals surface area contributed by atoms with Crippen molar-refractivity contribution in [3.63, 3.8) is 0 Å². The van der Waals surface area contributed by atoms with Gasteiger partial charge in [0.15, 0.2) is 5.78 Å². The van der Waals surface area contributed by atoms with Crippen LogP contribution < -0.4 is 10.1 Å². The molecule has 0 bridgehead atoms. The van der Waals surface area contributed by atoms with Gasteiger partial charge in [-0.05, 0) is 81.4 Å². The topological polar surface area (TPSA) is 92.3 Å². The van der Waals surface area contributed by atoms with Crippen LogP contribution in [0, 0.1) is 13.8 Å². The molecule has 0 aliphatic carbocycles. The molecule has 0 radical (unpaired) electrons. The molecule has 4 aromatic rings. The summed E-state index contributed by atoms with van der Waals surface area (Å²) < 4.78 is 7.15. The van der Waals surface area contributed by atoms with E-state index in [0.29, 0.717) is 12.0 Å². The molecule has 0 saturated carbocycles. The number of aryl methyl sites for hydroxylation is 1. The van der Waals surface area contributed by atoms with Gasteiger partial charge in [0, 0.05) is 52.4 Å². The zero-order valence-electron chi connectivity index (χ0n) is 24.4. The highest BCUT2D eigenvalue weighted by Crippen LogP contribution is 2.37. The minimum atomic E-state index is -0.164. The number of aromatic amines is 1. The van der Waals surface area contributed by atoms with Gasteiger partial charge in [0.25, 0.3) is 5.91 Å². The van der Waals surface area contributed by atoms with Crippen molar-refractivity contribution >= 4 is 29.0 Å². The molecule has 0 spiro atoms. The average Bonchev–Trinajstić information content (AvgIpc) is 3.67. The first-order chi connectivity index (χ1) is 19.8. The van der Waals surface area contributed by atoms with Crippen LogP contribution in [0.2, 0.25) is 0 Å². The number of benzene rings is 2. The van der Waals surface area contributed by atoms with Crippen molar-refractivity contribution < 1.29 is 14.3 Å². The van der Waals surface area contributed by atoms with E-state index >= 15 is 0 Å². The number of ketones is 1. The van der Waals surface area contributed by atoms with Crippen molar-refractivity contribution in [3.05, 3.63) is 82.9 Å². The molecule has 5 rings (SSSR count). The zero-order chi connectivity index (χ0) is 29.1. The summed E-state index contributed by atoms with van der Waals surface area (Å²) in [4.78, 5) is 31.9. The van der Waals surface area contributed by atoms with Gasteiger partial charge in [-0.15, -0.1) is 0 Å². The second-order valence-electron chi connectivity index (χ2n) is 10.4. The normalized spacial score (nSPS) is 13.6. The van der Waals surface area contributed by atoms with Gasteiger partial charge in [0.05, 0.1) is 24.6 Å². The number of Topliss-reactive ketones (excluding diaryl/α,β-unsaturated/α-hetero) is 1. The molecule has 41 heavy (non-hydrogen) atoms. The molecule has 3 heterocycles. The summed E-state index contributed by atoms with van der Waals surface area (Å²) in [6.45, 7) is 11.0. The Kier molecular flexibility index (Phi) is 8.21. The van der Waals surface area contributed by atoms with Crippen LogP contribution in [-0.4, -0.2) is 58.1 Å². The number of nitrogens with one attached hydrogen (secondary N) is 2. The van der Waals surface area contributed by atoms with E-state index in [4.69, 9.17) is 4.74 Å². The third kappa shape index (κ3) is 5.74. The Morgan fingerprint density at radius 3 is 2.66 bits per heavy atom. The van der Waals surface area contributed by atoms with Crippen LogP contribution in [0.3, 0.4) is 0 Å². The van der Waals surface area contributed by atoms with Gasteiger partial charge in [-0.25, -0.2) is 4.68 Å². The second-order valence-corrected chi connectivity index (χ2v) is 10.4. The minimum Gasteiger partial charge on any atom is -0.497 e. The van der Waals surface area contributed by atoms with E-state index in [-0.39, 0.29) is 11.7 Å². The summed E-state index contributed by atoms with van der Waals surface area (Å²) in [5, 5.41) is 7.51. The fourth-order valence-corrected chi connectivity index (χ4v) is 5.49. The summed E-state index contributed by atoms with van der Waals surface area (Å²) in [7, 11) is 1.64. The van der Waals surface area contributed by atoms with Gasteiger partial charge in [-0.1, -0.05) is 26.0 Å². The van der Waals surface area contributed by atoms with Crippen LogP contribution in [0.15, 0.2) is 54.9 Å². The van der Waals surface area contributed by atoms with Crippen molar-refractivity contribution in [2.75, 3.05) is 32.1 Å². The van der Waals surface area contributed by atoms with Gasteiger partial charge < -0.3 is 19.9 Å². The van der Waals surface area contributed by atoms with Crippen LogP contribution >= 0.6 is 0 Å². The highest BCUT2D eigenvalue weighted by atomic mass is 16.5. The molecule has 0 unspecified atom stereocenters. The first kappa shape index (κ1) is 28.1. The highest BCUT2D eigenvalue weighted by Gasteiger charge is 2.26.